The molecule has 0 aliphatic heterocycles. The van der Waals surface area contributed by atoms with E-state index >= 15 is 0 Å². The Morgan fingerprint density at radius 1 is 0.975 bits per heavy atom. The van der Waals surface area contributed by atoms with Gasteiger partial charge in [0.25, 0.3) is 10.0 Å². The monoisotopic (exact) mass is 585 g/mol. The van der Waals surface area contributed by atoms with Crippen LogP contribution in [0.2, 0.25) is 5.02 Å². The molecule has 10 heteroatoms. The highest BCUT2D eigenvalue weighted by molar-refractivity contribution is 7.92. The smallest absolute Gasteiger partial charge is 0.264 e. The zero-order chi connectivity index (χ0) is 29.4. The lowest BCUT2D eigenvalue weighted by atomic mass is 10.1. The Morgan fingerprint density at radius 3 is 2.15 bits per heavy atom. The molecular weight excluding hydrogens is 550 g/mol. The van der Waals surface area contributed by atoms with Crippen molar-refractivity contribution in [1.29, 1.82) is 0 Å². The number of aryl methyl sites for hydroxylation is 1. The van der Waals surface area contributed by atoms with E-state index in [0.29, 0.717) is 17.2 Å². The molecule has 0 aromatic heterocycles. The van der Waals surface area contributed by atoms with Gasteiger partial charge in [-0.3, -0.25) is 13.9 Å². The summed E-state index contributed by atoms with van der Waals surface area (Å²) in [5.41, 5.74) is 2.09. The Hall–Kier alpha value is -3.56. The number of nitrogens with zero attached hydrogens (tertiary/aromatic N) is 2. The van der Waals surface area contributed by atoms with Crippen molar-refractivity contribution < 1.29 is 22.7 Å². The van der Waals surface area contributed by atoms with Gasteiger partial charge in [-0.1, -0.05) is 42.8 Å². The van der Waals surface area contributed by atoms with Crippen molar-refractivity contribution in [1.82, 2.24) is 10.2 Å². The van der Waals surface area contributed by atoms with Gasteiger partial charge in [0.15, 0.2) is 0 Å². The third-order valence-corrected chi connectivity index (χ3v) is 8.50. The molecule has 0 saturated carbocycles. The summed E-state index contributed by atoms with van der Waals surface area (Å²) in [7, 11) is -2.70. The molecule has 0 aliphatic carbocycles. The molecule has 0 fully saturated rings. The largest absolute Gasteiger partial charge is 0.497 e. The Labute approximate surface area is 241 Å². The summed E-state index contributed by atoms with van der Waals surface area (Å²) in [4.78, 5) is 28.7. The van der Waals surface area contributed by atoms with Gasteiger partial charge in [-0.25, -0.2) is 8.42 Å². The molecule has 0 bridgehead atoms. The lowest BCUT2D eigenvalue weighted by Gasteiger charge is -2.34. The molecule has 0 unspecified atom stereocenters. The van der Waals surface area contributed by atoms with Crippen LogP contribution in [0.3, 0.4) is 0 Å². The number of rotatable bonds is 12. The molecule has 3 aromatic carbocycles. The summed E-state index contributed by atoms with van der Waals surface area (Å²) in [5, 5.41) is 3.32. The number of anilines is 1. The molecule has 0 spiro atoms. The highest BCUT2D eigenvalue weighted by atomic mass is 35.5. The van der Waals surface area contributed by atoms with Crippen LogP contribution in [-0.4, -0.2) is 50.9 Å². The van der Waals surface area contributed by atoms with E-state index in [4.69, 9.17) is 16.3 Å². The van der Waals surface area contributed by atoms with E-state index in [1.165, 1.54) is 24.1 Å². The summed E-state index contributed by atoms with van der Waals surface area (Å²) in [6.45, 7) is 7.08. The van der Waals surface area contributed by atoms with Crippen LogP contribution < -0.4 is 14.4 Å². The van der Waals surface area contributed by atoms with Crippen molar-refractivity contribution >= 4 is 39.1 Å². The fraction of sp³-hybridized carbons (Fsp3) is 0.333. The van der Waals surface area contributed by atoms with Crippen LogP contribution in [-0.2, 0) is 26.2 Å². The lowest BCUT2D eigenvalue weighted by Crippen LogP contribution is -2.53. The molecule has 0 saturated heterocycles. The SMILES string of the molecule is CC[C@@H](C(=O)NC(C)C)N(Cc1ccccc1C)C(=O)CN(c1ccc(Cl)cc1)S(=O)(=O)c1ccc(OC)cc1. The summed E-state index contributed by atoms with van der Waals surface area (Å²) >= 11 is 6.08. The van der Waals surface area contributed by atoms with Crippen molar-refractivity contribution in [3.8, 4) is 5.75 Å². The number of nitrogens with one attached hydrogen (secondary N) is 1. The van der Waals surface area contributed by atoms with Crippen LogP contribution in [0.25, 0.3) is 0 Å². The predicted octanol–water partition coefficient (Wildman–Crippen LogP) is 5.18. The summed E-state index contributed by atoms with van der Waals surface area (Å²) < 4.78 is 34.0. The van der Waals surface area contributed by atoms with Crippen LogP contribution in [0.4, 0.5) is 5.69 Å². The standard InChI is InChI=1S/C30H36ClN3O5S/c1-6-28(30(36)32-21(2)3)33(19-23-10-8-7-9-22(23)4)29(35)20-34(25-13-11-24(31)12-14-25)40(37,38)27-17-15-26(39-5)16-18-27/h7-18,21,28H,6,19-20H2,1-5H3,(H,32,36)/t28-/m0/s1. The molecule has 0 aliphatic rings. The quantitative estimate of drug-likeness (QED) is 0.316. The van der Waals surface area contributed by atoms with E-state index in [0.717, 1.165) is 15.4 Å². The molecule has 3 aromatic rings. The Bertz CT molecular complexity index is 1410. The van der Waals surface area contributed by atoms with Crippen molar-refractivity contribution in [3.05, 3.63) is 88.9 Å². The van der Waals surface area contributed by atoms with Gasteiger partial charge in [-0.15, -0.1) is 0 Å². The molecule has 2 amide bonds. The summed E-state index contributed by atoms with van der Waals surface area (Å²) in [6.07, 6.45) is 0.350. The fourth-order valence-electron chi connectivity index (χ4n) is 4.28. The number of hydrogen-bond donors (Lipinski definition) is 1. The van der Waals surface area contributed by atoms with E-state index in [1.54, 1.807) is 36.4 Å². The number of benzene rings is 3. The predicted molar refractivity (Wildman–Crippen MR) is 158 cm³/mol. The van der Waals surface area contributed by atoms with E-state index in [2.05, 4.69) is 5.32 Å². The minimum atomic E-state index is -4.19. The number of methoxy groups -OCH3 is 1. The number of sulfonamides is 1. The summed E-state index contributed by atoms with van der Waals surface area (Å²) in [5.74, 6) is -0.309. The molecule has 8 nitrogen and oxygen atoms in total. The number of carbonyl (C=O) groups excluding carboxylic acids is 2. The van der Waals surface area contributed by atoms with Crippen LogP contribution in [0.5, 0.6) is 5.75 Å². The maximum atomic E-state index is 14.1. The number of carbonyl (C=O) groups is 2. The molecule has 3 rings (SSSR count). The number of ether oxygens (including phenoxy) is 1. The Morgan fingerprint density at radius 2 is 1.60 bits per heavy atom. The molecule has 0 radical (unpaired) electrons. The van der Waals surface area contributed by atoms with Gasteiger partial charge in [0, 0.05) is 17.6 Å². The van der Waals surface area contributed by atoms with Gasteiger partial charge >= 0.3 is 0 Å². The molecule has 0 heterocycles. The second kappa shape index (κ2) is 13.7. The third-order valence-electron chi connectivity index (χ3n) is 6.46. The van der Waals surface area contributed by atoms with Crippen LogP contribution >= 0.6 is 11.6 Å². The first-order valence-electron chi connectivity index (χ1n) is 13.0. The maximum absolute atomic E-state index is 14.1. The van der Waals surface area contributed by atoms with Gasteiger partial charge in [0.1, 0.15) is 18.3 Å². The van der Waals surface area contributed by atoms with Gasteiger partial charge in [-0.05, 0) is 86.8 Å². The second-order valence-corrected chi connectivity index (χ2v) is 12.0. The molecule has 214 valence electrons. The highest BCUT2D eigenvalue weighted by Gasteiger charge is 2.34. The zero-order valence-corrected chi connectivity index (χ0v) is 25.0. The molecular formula is C30H36ClN3O5S. The van der Waals surface area contributed by atoms with Crippen LogP contribution in [0.15, 0.2) is 77.7 Å². The van der Waals surface area contributed by atoms with Crippen LogP contribution in [0, 0.1) is 6.92 Å². The number of halogens is 1. The molecule has 1 atom stereocenters. The highest BCUT2D eigenvalue weighted by Crippen LogP contribution is 2.27. The van der Waals surface area contributed by atoms with E-state index in [9.17, 15) is 18.0 Å². The summed E-state index contributed by atoms with van der Waals surface area (Å²) in [6, 6.07) is 18.8. The van der Waals surface area contributed by atoms with Gasteiger partial charge in [0.2, 0.25) is 11.8 Å². The normalized spacial score (nSPS) is 12.1. The second-order valence-electron chi connectivity index (χ2n) is 9.70. The average molecular weight is 586 g/mol. The minimum absolute atomic E-state index is 0.00824. The Kier molecular flexibility index (Phi) is 10.6. The fourth-order valence-corrected chi connectivity index (χ4v) is 5.82. The molecule has 40 heavy (non-hydrogen) atoms. The van der Waals surface area contributed by atoms with E-state index in [-0.39, 0.29) is 29.1 Å². The first kappa shape index (κ1) is 31.0. The van der Waals surface area contributed by atoms with Gasteiger partial charge < -0.3 is 15.0 Å². The maximum Gasteiger partial charge on any atom is 0.264 e. The number of amides is 2. The average Bonchev–Trinajstić information content (AvgIpc) is 2.92. The van der Waals surface area contributed by atoms with Gasteiger partial charge in [-0.2, -0.15) is 0 Å². The van der Waals surface area contributed by atoms with Crippen molar-refractivity contribution in [2.75, 3.05) is 18.0 Å². The van der Waals surface area contributed by atoms with Gasteiger partial charge in [0.05, 0.1) is 17.7 Å². The van der Waals surface area contributed by atoms with E-state index in [1.807, 2.05) is 52.0 Å². The first-order chi connectivity index (χ1) is 19.0. The van der Waals surface area contributed by atoms with E-state index < -0.39 is 28.5 Å². The minimum Gasteiger partial charge on any atom is -0.497 e. The molecule has 1 N–H and O–H groups in total. The lowest BCUT2D eigenvalue weighted by molar-refractivity contribution is -0.140. The number of hydrogen-bond acceptors (Lipinski definition) is 5. The third kappa shape index (κ3) is 7.55. The van der Waals surface area contributed by atoms with Crippen molar-refractivity contribution in [2.24, 2.45) is 0 Å². The van der Waals surface area contributed by atoms with Crippen molar-refractivity contribution in [2.45, 2.75) is 57.6 Å². The van der Waals surface area contributed by atoms with Crippen molar-refractivity contribution in [3.63, 3.8) is 0 Å². The zero-order valence-electron chi connectivity index (χ0n) is 23.4. The first-order valence-corrected chi connectivity index (χ1v) is 14.9. The topological polar surface area (TPSA) is 96.0 Å². The Balaban J connectivity index is 2.07. The van der Waals surface area contributed by atoms with Crippen LogP contribution in [0.1, 0.15) is 38.3 Å².